The van der Waals surface area contributed by atoms with E-state index < -0.39 is 0 Å². The van der Waals surface area contributed by atoms with Crippen molar-refractivity contribution < 1.29 is 13.9 Å². The summed E-state index contributed by atoms with van der Waals surface area (Å²) in [5.74, 6) is 0.264. The van der Waals surface area contributed by atoms with Crippen LogP contribution in [0.3, 0.4) is 0 Å². The second kappa shape index (κ2) is 12.9. The highest BCUT2D eigenvalue weighted by Gasteiger charge is 2.23. The van der Waals surface area contributed by atoms with Gasteiger partial charge in [-0.2, -0.15) is 0 Å². The van der Waals surface area contributed by atoms with Gasteiger partial charge in [-0.3, -0.25) is 9.89 Å². The third-order valence-corrected chi connectivity index (χ3v) is 5.64. The van der Waals surface area contributed by atoms with Crippen molar-refractivity contribution in [2.75, 3.05) is 63.9 Å². The number of ether oxygens (including phenoxy) is 1. The summed E-state index contributed by atoms with van der Waals surface area (Å²) in [4.78, 5) is 22.6. The summed E-state index contributed by atoms with van der Waals surface area (Å²) in [6.45, 7) is 8.80. The SMILES string of the molecule is CCOC(=O)N1CCC(NC(N)=NCCN2CCN(c3ccc(F)cc3)CC2)CC1.I. The highest BCUT2D eigenvalue weighted by Crippen LogP contribution is 2.16. The van der Waals surface area contributed by atoms with E-state index in [-0.39, 0.29) is 41.9 Å². The van der Waals surface area contributed by atoms with Gasteiger partial charge >= 0.3 is 6.09 Å². The van der Waals surface area contributed by atoms with Crippen LogP contribution in [0.15, 0.2) is 29.3 Å². The van der Waals surface area contributed by atoms with Crippen molar-refractivity contribution in [1.82, 2.24) is 15.1 Å². The van der Waals surface area contributed by atoms with Gasteiger partial charge in [-0.15, -0.1) is 24.0 Å². The Balaban J connectivity index is 0.00000341. The molecule has 1 aromatic rings. The van der Waals surface area contributed by atoms with E-state index in [1.807, 2.05) is 19.1 Å². The van der Waals surface area contributed by atoms with Gasteiger partial charge in [0.15, 0.2) is 5.96 Å². The fourth-order valence-electron chi connectivity index (χ4n) is 3.87. The number of hydrogen-bond donors (Lipinski definition) is 2. The van der Waals surface area contributed by atoms with E-state index in [0.29, 0.717) is 32.2 Å². The van der Waals surface area contributed by atoms with Gasteiger partial charge in [0.2, 0.25) is 0 Å². The third kappa shape index (κ3) is 7.99. The Morgan fingerprint density at radius 1 is 1.16 bits per heavy atom. The molecular formula is C21H34FIN6O2. The summed E-state index contributed by atoms with van der Waals surface area (Å²) < 4.78 is 18.1. The highest BCUT2D eigenvalue weighted by molar-refractivity contribution is 14.0. The number of piperazine rings is 1. The molecule has 0 aliphatic carbocycles. The van der Waals surface area contributed by atoms with Gasteiger partial charge in [0.05, 0.1) is 13.2 Å². The van der Waals surface area contributed by atoms with Crippen LogP contribution in [0.4, 0.5) is 14.9 Å². The van der Waals surface area contributed by atoms with E-state index in [9.17, 15) is 9.18 Å². The summed E-state index contributed by atoms with van der Waals surface area (Å²) in [7, 11) is 0. The van der Waals surface area contributed by atoms with Crippen LogP contribution in [0.1, 0.15) is 19.8 Å². The normalized spacial score (nSPS) is 18.5. The van der Waals surface area contributed by atoms with Crippen molar-refractivity contribution in [1.29, 1.82) is 0 Å². The zero-order valence-electron chi connectivity index (χ0n) is 18.1. The van der Waals surface area contributed by atoms with Crippen molar-refractivity contribution in [2.45, 2.75) is 25.8 Å². The second-order valence-corrected chi connectivity index (χ2v) is 7.68. The molecule has 2 saturated heterocycles. The van der Waals surface area contributed by atoms with Gasteiger partial charge < -0.3 is 25.6 Å². The Kier molecular flexibility index (Phi) is 10.6. The monoisotopic (exact) mass is 548 g/mol. The van der Waals surface area contributed by atoms with Crippen LogP contribution in [0, 0.1) is 5.82 Å². The number of likely N-dealkylation sites (tertiary alicyclic amines) is 1. The molecule has 0 saturated carbocycles. The number of nitrogens with one attached hydrogen (secondary N) is 1. The first-order valence-electron chi connectivity index (χ1n) is 10.8. The molecule has 10 heteroatoms. The fraction of sp³-hybridized carbons (Fsp3) is 0.619. The van der Waals surface area contributed by atoms with E-state index in [1.165, 1.54) is 12.1 Å². The summed E-state index contributed by atoms with van der Waals surface area (Å²) in [6.07, 6.45) is 1.43. The van der Waals surface area contributed by atoms with Gasteiger partial charge in [0.25, 0.3) is 0 Å². The number of piperidine rings is 1. The third-order valence-electron chi connectivity index (χ3n) is 5.64. The lowest BCUT2D eigenvalue weighted by atomic mass is 10.1. The molecule has 31 heavy (non-hydrogen) atoms. The summed E-state index contributed by atoms with van der Waals surface area (Å²) >= 11 is 0. The number of aliphatic imine (C=N–C) groups is 1. The number of nitrogens with two attached hydrogens (primary N) is 1. The standard InChI is InChI=1S/C21H33FN6O2.HI/c1-2-30-21(29)28-10-7-18(8-11-28)25-20(23)24-9-12-26-13-15-27(16-14-26)19-5-3-17(22)4-6-19;/h3-6,18H,2,7-16H2,1H3,(H3,23,24,25);1H. The van der Waals surface area contributed by atoms with Gasteiger partial charge in [-0.25, -0.2) is 9.18 Å². The number of rotatable bonds is 6. The topological polar surface area (TPSA) is 86.4 Å². The zero-order chi connectivity index (χ0) is 21.3. The van der Waals surface area contributed by atoms with Crippen molar-refractivity contribution in [2.24, 2.45) is 10.7 Å². The first kappa shape index (κ1) is 25.4. The van der Waals surface area contributed by atoms with Gasteiger partial charge in [-0.1, -0.05) is 0 Å². The van der Waals surface area contributed by atoms with Crippen LogP contribution in [-0.4, -0.2) is 86.9 Å². The molecule has 0 atom stereocenters. The number of halogens is 2. The quantitative estimate of drug-likeness (QED) is 0.322. The van der Waals surface area contributed by atoms with Gasteiger partial charge in [0.1, 0.15) is 5.82 Å². The molecule has 1 aromatic carbocycles. The lowest BCUT2D eigenvalue weighted by Crippen LogP contribution is -2.49. The van der Waals surface area contributed by atoms with Crippen molar-refractivity contribution in [3.63, 3.8) is 0 Å². The van der Waals surface area contributed by atoms with Gasteiger partial charge in [-0.05, 0) is 44.0 Å². The lowest BCUT2D eigenvalue weighted by Gasteiger charge is -2.35. The van der Waals surface area contributed by atoms with Gasteiger partial charge in [0, 0.05) is 57.5 Å². The van der Waals surface area contributed by atoms with E-state index in [0.717, 1.165) is 51.3 Å². The van der Waals surface area contributed by atoms with E-state index in [4.69, 9.17) is 10.5 Å². The van der Waals surface area contributed by atoms with Crippen LogP contribution in [0.2, 0.25) is 0 Å². The molecular weight excluding hydrogens is 514 g/mol. The van der Waals surface area contributed by atoms with Crippen LogP contribution in [0.5, 0.6) is 0 Å². The number of benzene rings is 1. The number of guanidine groups is 1. The highest BCUT2D eigenvalue weighted by atomic mass is 127. The molecule has 0 aromatic heterocycles. The number of amides is 1. The molecule has 0 bridgehead atoms. The summed E-state index contributed by atoms with van der Waals surface area (Å²) in [6, 6.07) is 6.91. The number of anilines is 1. The van der Waals surface area contributed by atoms with Crippen molar-refractivity contribution >= 4 is 41.7 Å². The largest absolute Gasteiger partial charge is 0.450 e. The van der Waals surface area contributed by atoms with Crippen LogP contribution < -0.4 is 16.0 Å². The molecule has 1 amide bonds. The Labute approximate surface area is 201 Å². The summed E-state index contributed by atoms with van der Waals surface area (Å²) in [5, 5.41) is 3.27. The molecule has 174 valence electrons. The van der Waals surface area contributed by atoms with Crippen molar-refractivity contribution in [3.8, 4) is 0 Å². The predicted molar refractivity (Wildman–Crippen MR) is 132 cm³/mol. The first-order valence-corrected chi connectivity index (χ1v) is 10.8. The first-order chi connectivity index (χ1) is 14.5. The van der Waals surface area contributed by atoms with Crippen LogP contribution in [-0.2, 0) is 4.74 Å². The molecule has 0 spiro atoms. The van der Waals surface area contributed by atoms with Crippen LogP contribution in [0.25, 0.3) is 0 Å². The fourth-order valence-corrected chi connectivity index (χ4v) is 3.87. The Morgan fingerprint density at radius 3 is 2.42 bits per heavy atom. The molecule has 2 fully saturated rings. The summed E-state index contributed by atoms with van der Waals surface area (Å²) in [5.41, 5.74) is 7.12. The number of hydrogen-bond acceptors (Lipinski definition) is 5. The average Bonchev–Trinajstić information content (AvgIpc) is 2.75. The molecule has 0 unspecified atom stereocenters. The predicted octanol–water partition coefficient (Wildman–Crippen LogP) is 2.09. The Bertz CT molecular complexity index is 704. The molecule has 0 radical (unpaired) electrons. The number of nitrogens with zero attached hydrogens (tertiary/aromatic N) is 4. The molecule has 3 rings (SSSR count). The molecule has 8 nitrogen and oxygen atoms in total. The zero-order valence-corrected chi connectivity index (χ0v) is 20.5. The molecule has 2 aliphatic rings. The smallest absolute Gasteiger partial charge is 0.409 e. The minimum absolute atomic E-state index is 0. The Hall–Kier alpha value is -1.82. The molecule has 2 aliphatic heterocycles. The van der Waals surface area contributed by atoms with Crippen molar-refractivity contribution in [3.05, 3.63) is 30.1 Å². The lowest BCUT2D eigenvalue weighted by molar-refractivity contribution is 0.0963. The van der Waals surface area contributed by atoms with Crippen LogP contribution >= 0.6 is 24.0 Å². The minimum atomic E-state index is -0.239. The maximum absolute atomic E-state index is 13.1. The minimum Gasteiger partial charge on any atom is -0.450 e. The maximum atomic E-state index is 13.1. The maximum Gasteiger partial charge on any atom is 0.409 e. The molecule has 3 N–H and O–H groups in total. The second-order valence-electron chi connectivity index (χ2n) is 7.68. The average molecular weight is 548 g/mol. The molecule has 2 heterocycles. The Morgan fingerprint density at radius 2 is 1.81 bits per heavy atom. The van der Waals surface area contributed by atoms with E-state index >= 15 is 0 Å². The number of carbonyl (C=O) groups is 1. The van der Waals surface area contributed by atoms with E-state index in [2.05, 4.69) is 20.1 Å². The number of carbonyl (C=O) groups excluding carboxylic acids is 1. The van der Waals surface area contributed by atoms with E-state index in [1.54, 1.807) is 4.90 Å².